The molecule has 0 spiro atoms. The average molecular weight is 433 g/mol. The third-order valence-electron chi connectivity index (χ3n) is 0.514. The molecule has 0 aliphatic rings. The van der Waals surface area contributed by atoms with Gasteiger partial charge in [0.2, 0.25) is 0 Å². The Morgan fingerprint density at radius 2 is 1.57 bits per heavy atom. The first-order chi connectivity index (χ1) is 10.8. The molecule has 0 aromatic carbocycles. The van der Waals surface area contributed by atoms with Crippen molar-refractivity contribution < 1.29 is 9.90 Å². The maximum absolute atomic E-state index is 9.13. The molecule has 0 aliphatic heterocycles. The van der Waals surface area contributed by atoms with Gasteiger partial charge in [-0.15, -0.1) is 11.3 Å². The number of carbonyl (C=O) groups excluding carboxylic acids is 1. The molecule has 0 bridgehead atoms. The Morgan fingerprint density at radius 1 is 1.30 bits per heavy atom. The zero-order chi connectivity index (χ0) is 19.5. The number of nitrogens with zero attached hydrogens (tertiary/aromatic N) is 1. The topological polar surface area (TPSA) is 128 Å². The normalized spacial score (nSPS) is 6.74. The van der Waals surface area contributed by atoms with Crippen molar-refractivity contribution in [1.82, 2.24) is 4.98 Å². The summed E-state index contributed by atoms with van der Waals surface area (Å²) in [6.07, 6.45) is 4.97. The van der Waals surface area contributed by atoms with Crippen LogP contribution in [0.1, 0.15) is 47.5 Å². The van der Waals surface area contributed by atoms with E-state index in [0.29, 0.717) is 10.5 Å². The Bertz CT molecular complexity index is 282. The number of aliphatic hydroxyl groups excluding tert-OH is 1. The fourth-order valence-corrected chi connectivity index (χ4v) is 0.617. The summed E-state index contributed by atoms with van der Waals surface area (Å²) in [6, 6.07) is 0. The third-order valence-corrected chi connectivity index (χ3v) is 1.38. The standard InChI is InChI=1S/C3H4N2S.2C3H8.C2H3BrO.C2H6O.CH4N2S/c4-3-5-1-2-6-3;2*1-3-2;3-1-2-4;1-2-3;2-1(3)4/h1-2H,(H2,4,5);2*3H2,1-2H3;2H,1H2;3H,2H2,1H3;(H4,2,3,4). The molecular weight excluding hydrogens is 400 g/mol. The molecule has 0 amide bonds. The molecule has 23 heavy (non-hydrogen) atoms. The summed E-state index contributed by atoms with van der Waals surface area (Å²) in [4.78, 5) is 12.8. The number of nitrogen functional groups attached to an aromatic ring is 1. The van der Waals surface area contributed by atoms with Crippen LogP contribution in [0, 0.1) is 0 Å². The zero-order valence-corrected chi connectivity index (χ0v) is 18.0. The highest BCUT2D eigenvalue weighted by molar-refractivity contribution is 9.09. The van der Waals surface area contributed by atoms with Gasteiger partial charge in [-0.2, -0.15) is 0 Å². The van der Waals surface area contributed by atoms with Crippen LogP contribution in [0.4, 0.5) is 5.13 Å². The van der Waals surface area contributed by atoms with Gasteiger partial charge in [0.25, 0.3) is 0 Å². The van der Waals surface area contributed by atoms with E-state index in [9.17, 15) is 0 Å². The molecule has 1 heterocycles. The molecule has 0 radical (unpaired) electrons. The van der Waals surface area contributed by atoms with Gasteiger partial charge < -0.3 is 27.1 Å². The van der Waals surface area contributed by atoms with Crippen molar-refractivity contribution in [1.29, 1.82) is 0 Å². The highest BCUT2D eigenvalue weighted by atomic mass is 79.9. The number of hydrogen-bond acceptors (Lipinski definition) is 6. The number of thiocarbonyl (C=S) groups is 1. The molecule has 9 heteroatoms. The molecule has 0 atom stereocenters. The van der Waals surface area contributed by atoms with Crippen molar-refractivity contribution in [3.05, 3.63) is 11.6 Å². The van der Waals surface area contributed by atoms with Gasteiger partial charge in [0, 0.05) is 18.2 Å². The number of aldehydes is 1. The van der Waals surface area contributed by atoms with Gasteiger partial charge in [-0.25, -0.2) is 4.98 Å². The summed E-state index contributed by atoms with van der Waals surface area (Å²) in [5.41, 5.74) is 14.4. The van der Waals surface area contributed by atoms with Crippen LogP contribution in [0.2, 0.25) is 0 Å². The van der Waals surface area contributed by atoms with Crippen molar-refractivity contribution >= 4 is 56.0 Å². The van der Waals surface area contributed by atoms with Crippen molar-refractivity contribution in [3.63, 3.8) is 0 Å². The highest BCUT2D eigenvalue weighted by Crippen LogP contribution is 2.02. The third kappa shape index (κ3) is 150. The minimum Gasteiger partial charge on any atom is -0.397 e. The highest BCUT2D eigenvalue weighted by Gasteiger charge is 1.76. The lowest BCUT2D eigenvalue weighted by Gasteiger charge is -1.68. The molecule has 140 valence electrons. The number of alkyl halides is 1. The maximum Gasteiger partial charge on any atom is 0.179 e. The van der Waals surface area contributed by atoms with E-state index < -0.39 is 0 Å². The summed E-state index contributed by atoms with van der Waals surface area (Å²) in [6.45, 7) is 10.4. The van der Waals surface area contributed by atoms with Gasteiger partial charge in [0.15, 0.2) is 10.2 Å². The number of halogens is 1. The lowest BCUT2D eigenvalue weighted by Crippen LogP contribution is -2.18. The molecule has 0 fully saturated rings. The summed E-state index contributed by atoms with van der Waals surface area (Å²) >= 11 is 8.42. The Hall–Kier alpha value is -0.770. The van der Waals surface area contributed by atoms with Crippen molar-refractivity contribution in [2.24, 2.45) is 11.5 Å². The number of rotatable bonds is 1. The van der Waals surface area contributed by atoms with Crippen LogP contribution in [0.3, 0.4) is 0 Å². The molecule has 0 saturated carbocycles. The van der Waals surface area contributed by atoms with Crippen LogP contribution in [-0.4, -0.2) is 33.4 Å². The number of aromatic nitrogens is 1. The first-order valence-corrected chi connectivity index (χ1v) is 9.50. The number of hydrogen-bond donors (Lipinski definition) is 4. The van der Waals surface area contributed by atoms with E-state index >= 15 is 0 Å². The Morgan fingerprint density at radius 3 is 1.61 bits per heavy atom. The first kappa shape index (κ1) is 33.7. The average Bonchev–Trinajstić information content (AvgIpc) is 2.92. The summed E-state index contributed by atoms with van der Waals surface area (Å²) in [5, 5.41) is 10.5. The van der Waals surface area contributed by atoms with E-state index in [1.807, 2.05) is 5.38 Å². The largest absolute Gasteiger partial charge is 0.397 e. The smallest absolute Gasteiger partial charge is 0.179 e. The molecule has 1 rings (SSSR count). The second-order valence-corrected chi connectivity index (χ2v) is 5.37. The van der Waals surface area contributed by atoms with Crippen molar-refractivity contribution in [2.45, 2.75) is 47.5 Å². The Labute approximate surface area is 159 Å². The molecule has 7 N–H and O–H groups in total. The molecule has 0 aliphatic carbocycles. The molecule has 0 saturated heterocycles. The maximum atomic E-state index is 9.13. The molecule has 6 nitrogen and oxygen atoms in total. The van der Waals surface area contributed by atoms with E-state index in [-0.39, 0.29) is 11.7 Å². The molecule has 1 aromatic heterocycles. The SMILES string of the molecule is CCC.CCC.CCO.NC(N)=S.Nc1nccs1.O=CCBr. The van der Waals surface area contributed by atoms with E-state index in [1.54, 1.807) is 13.1 Å². The lowest BCUT2D eigenvalue weighted by atomic mass is 10.6. The Kier molecular flexibility index (Phi) is 63.0. The Balaban J connectivity index is -0.0000000581. The quantitative estimate of drug-likeness (QED) is 0.304. The van der Waals surface area contributed by atoms with E-state index in [0.717, 1.165) is 6.29 Å². The number of nitrogens with two attached hydrogens (primary N) is 3. The van der Waals surface area contributed by atoms with Crippen LogP contribution < -0.4 is 17.2 Å². The lowest BCUT2D eigenvalue weighted by molar-refractivity contribution is -0.105. The van der Waals surface area contributed by atoms with E-state index in [4.69, 9.17) is 15.6 Å². The van der Waals surface area contributed by atoms with Crippen LogP contribution in [0.25, 0.3) is 0 Å². The molecule has 0 unspecified atom stereocenters. The van der Waals surface area contributed by atoms with Crippen molar-refractivity contribution in [2.75, 3.05) is 17.7 Å². The second-order valence-electron chi connectivity index (χ2n) is 3.32. The number of aliphatic hydroxyl groups is 1. The predicted molar refractivity (Wildman–Crippen MR) is 112 cm³/mol. The number of anilines is 1. The minimum absolute atomic E-state index is 0.000000000000000222. The van der Waals surface area contributed by atoms with Crippen LogP contribution in [0.15, 0.2) is 11.6 Å². The fourth-order valence-electron chi connectivity index (χ4n) is 0.234. The fraction of sp³-hybridized carbons (Fsp3) is 0.643. The summed E-state index contributed by atoms with van der Waals surface area (Å²) in [7, 11) is 0. The number of carbonyl (C=O) groups is 1. The van der Waals surface area contributed by atoms with E-state index in [2.05, 4.69) is 72.3 Å². The molecular formula is C14H33BrN4O2S2. The van der Waals surface area contributed by atoms with Gasteiger partial charge in [-0.1, -0.05) is 56.5 Å². The van der Waals surface area contributed by atoms with E-state index in [1.165, 1.54) is 24.2 Å². The number of thiazole rings is 1. The monoisotopic (exact) mass is 432 g/mol. The predicted octanol–water partition coefficient (Wildman–Crippen LogP) is 3.33. The van der Waals surface area contributed by atoms with Gasteiger partial charge >= 0.3 is 0 Å². The second kappa shape index (κ2) is 42.9. The van der Waals surface area contributed by atoms with Gasteiger partial charge in [-0.3, -0.25) is 0 Å². The zero-order valence-electron chi connectivity index (χ0n) is 14.8. The van der Waals surface area contributed by atoms with Gasteiger partial charge in [0.05, 0.1) is 5.33 Å². The van der Waals surface area contributed by atoms with Crippen LogP contribution in [0.5, 0.6) is 0 Å². The first-order valence-electron chi connectivity index (χ1n) is 7.09. The van der Waals surface area contributed by atoms with Crippen LogP contribution >= 0.6 is 39.5 Å². The summed E-state index contributed by atoms with van der Waals surface area (Å²) in [5.74, 6) is 0. The molecule has 1 aromatic rings. The summed E-state index contributed by atoms with van der Waals surface area (Å²) < 4.78 is 0. The van der Waals surface area contributed by atoms with Gasteiger partial charge in [0.1, 0.15) is 6.29 Å². The van der Waals surface area contributed by atoms with Crippen molar-refractivity contribution in [3.8, 4) is 0 Å². The van der Waals surface area contributed by atoms with Crippen LogP contribution in [-0.2, 0) is 4.79 Å². The van der Waals surface area contributed by atoms with Gasteiger partial charge in [-0.05, 0) is 19.1 Å². The minimum atomic E-state index is 0.000000000000000222.